The van der Waals surface area contributed by atoms with Crippen LogP contribution in [-0.4, -0.2) is 15.6 Å². The summed E-state index contributed by atoms with van der Waals surface area (Å²) >= 11 is 0. The number of carboxylic acid groups (broad SMARTS) is 1. The summed E-state index contributed by atoms with van der Waals surface area (Å²) in [5.74, 6) is -1.15. The predicted molar refractivity (Wildman–Crippen MR) is 68.2 cm³/mol. The molecule has 1 aromatic carbocycles. The van der Waals surface area contributed by atoms with Gasteiger partial charge in [0.25, 0.3) is 5.56 Å². The number of alkyl halides is 3. The lowest BCUT2D eigenvalue weighted by atomic mass is 10.1. The largest absolute Gasteiger partial charge is 0.478 e. The van der Waals surface area contributed by atoms with Crippen molar-refractivity contribution < 1.29 is 23.1 Å². The smallest absolute Gasteiger partial charge is 0.421 e. The molecule has 0 saturated heterocycles. The van der Waals surface area contributed by atoms with Gasteiger partial charge in [0, 0.05) is 6.20 Å². The number of aromatic carboxylic acids is 1. The fourth-order valence-corrected chi connectivity index (χ4v) is 1.88. The van der Waals surface area contributed by atoms with E-state index in [4.69, 9.17) is 5.11 Å². The van der Waals surface area contributed by atoms with Crippen molar-refractivity contribution in [3.05, 3.63) is 69.6 Å². The summed E-state index contributed by atoms with van der Waals surface area (Å²) in [6.07, 6.45) is -3.49. The summed E-state index contributed by atoms with van der Waals surface area (Å²) < 4.78 is 38.8. The van der Waals surface area contributed by atoms with Gasteiger partial charge < -0.3 is 9.67 Å². The molecule has 110 valence electrons. The molecular weight excluding hydrogens is 287 g/mol. The molecule has 1 N–H and O–H groups in total. The van der Waals surface area contributed by atoms with Crippen LogP contribution < -0.4 is 5.56 Å². The van der Waals surface area contributed by atoms with Crippen molar-refractivity contribution >= 4 is 5.97 Å². The molecule has 0 radical (unpaired) electrons. The van der Waals surface area contributed by atoms with Gasteiger partial charge in [0.1, 0.15) is 5.56 Å². The van der Waals surface area contributed by atoms with Gasteiger partial charge in [-0.3, -0.25) is 4.79 Å². The minimum Gasteiger partial charge on any atom is -0.478 e. The molecule has 0 amide bonds. The number of aromatic nitrogens is 1. The van der Waals surface area contributed by atoms with Crippen molar-refractivity contribution in [1.82, 2.24) is 4.57 Å². The van der Waals surface area contributed by atoms with Gasteiger partial charge in [-0.25, -0.2) is 4.79 Å². The highest BCUT2D eigenvalue weighted by atomic mass is 19.4. The zero-order valence-corrected chi connectivity index (χ0v) is 10.6. The zero-order chi connectivity index (χ0) is 15.6. The third kappa shape index (κ3) is 3.31. The highest BCUT2D eigenvalue weighted by Crippen LogP contribution is 2.26. The molecule has 0 aliphatic heterocycles. The van der Waals surface area contributed by atoms with E-state index >= 15 is 0 Å². The molecule has 1 aromatic heterocycles. The maximum absolute atomic E-state index is 12.6. The van der Waals surface area contributed by atoms with Crippen LogP contribution in [0.15, 0.2) is 47.4 Å². The van der Waals surface area contributed by atoms with Gasteiger partial charge in [-0.15, -0.1) is 0 Å². The SMILES string of the molecule is O=C(O)c1cccc(Cn2cccc(C(F)(F)F)c2=O)c1. The molecule has 4 nitrogen and oxygen atoms in total. The van der Waals surface area contributed by atoms with Gasteiger partial charge in [-0.1, -0.05) is 12.1 Å². The van der Waals surface area contributed by atoms with E-state index in [-0.39, 0.29) is 12.1 Å². The first-order valence-electron chi connectivity index (χ1n) is 5.88. The molecule has 0 aliphatic rings. The Labute approximate surface area is 117 Å². The van der Waals surface area contributed by atoms with Crippen molar-refractivity contribution in [2.75, 3.05) is 0 Å². The fourth-order valence-electron chi connectivity index (χ4n) is 1.88. The Balaban J connectivity index is 2.39. The summed E-state index contributed by atoms with van der Waals surface area (Å²) in [5.41, 5.74) is -1.98. The Morgan fingerprint density at radius 2 is 1.90 bits per heavy atom. The minimum absolute atomic E-state index is 0.00697. The molecule has 0 unspecified atom stereocenters. The number of halogens is 3. The number of pyridine rings is 1. The first-order chi connectivity index (χ1) is 9.79. The number of carboxylic acids is 1. The van der Waals surface area contributed by atoms with Gasteiger partial charge in [0.05, 0.1) is 12.1 Å². The molecule has 0 fully saturated rings. The highest BCUT2D eigenvalue weighted by Gasteiger charge is 2.34. The third-order valence-electron chi connectivity index (χ3n) is 2.85. The van der Waals surface area contributed by atoms with E-state index in [2.05, 4.69) is 0 Å². The van der Waals surface area contributed by atoms with Crippen molar-refractivity contribution in [1.29, 1.82) is 0 Å². The summed E-state index contributed by atoms with van der Waals surface area (Å²) in [5, 5.41) is 8.86. The van der Waals surface area contributed by atoms with Crippen LogP contribution in [0.4, 0.5) is 13.2 Å². The fraction of sp³-hybridized carbons (Fsp3) is 0.143. The molecule has 2 aromatic rings. The Morgan fingerprint density at radius 3 is 2.52 bits per heavy atom. The van der Waals surface area contributed by atoms with Crippen molar-refractivity contribution in [3.63, 3.8) is 0 Å². The summed E-state index contributed by atoms with van der Waals surface area (Å²) in [7, 11) is 0. The summed E-state index contributed by atoms with van der Waals surface area (Å²) in [6.45, 7) is -0.135. The Kier molecular flexibility index (Phi) is 3.84. The first kappa shape index (κ1) is 14.8. The lowest BCUT2D eigenvalue weighted by molar-refractivity contribution is -0.138. The van der Waals surface area contributed by atoms with E-state index in [1.807, 2.05) is 0 Å². The number of hydrogen-bond donors (Lipinski definition) is 1. The van der Waals surface area contributed by atoms with E-state index in [0.29, 0.717) is 11.6 Å². The maximum atomic E-state index is 12.6. The second-order valence-corrected chi connectivity index (χ2v) is 4.36. The second-order valence-electron chi connectivity index (χ2n) is 4.36. The standard InChI is InChI=1S/C14H10F3NO3/c15-14(16,17)11-5-2-6-18(12(11)19)8-9-3-1-4-10(7-9)13(20)21/h1-7H,8H2,(H,20,21). The maximum Gasteiger partial charge on any atom is 0.421 e. The van der Waals surface area contributed by atoms with Crippen LogP contribution in [0.2, 0.25) is 0 Å². The second kappa shape index (κ2) is 5.43. The lowest BCUT2D eigenvalue weighted by Crippen LogP contribution is -2.28. The third-order valence-corrected chi connectivity index (χ3v) is 2.85. The van der Waals surface area contributed by atoms with E-state index in [1.54, 1.807) is 6.07 Å². The van der Waals surface area contributed by atoms with Crippen LogP contribution in [0.5, 0.6) is 0 Å². The number of rotatable bonds is 3. The molecule has 0 aliphatic carbocycles. The first-order valence-corrected chi connectivity index (χ1v) is 5.88. The number of hydrogen-bond acceptors (Lipinski definition) is 2. The van der Waals surface area contributed by atoms with Gasteiger partial charge >= 0.3 is 12.1 Å². The monoisotopic (exact) mass is 297 g/mol. The van der Waals surface area contributed by atoms with Gasteiger partial charge in [0.2, 0.25) is 0 Å². The van der Waals surface area contributed by atoms with Crippen LogP contribution in [0.1, 0.15) is 21.5 Å². The minimum atomic E-state index is -4.72. The molecule has 0 spiro atoms. The molecule has 0 bridgehead atoms. The topological polar surface area (TPSA) is 59.3 Å². The van der Waals surface area contributed by atoms with Gasteiger partial charge in [-0.2, -0.15) is 13.2 Å². The lowest BCUT2D eigenvalue weighted by Gasteiger charge is -2.10. The highest BCUT2D eigenvalue weighted by molar-refractivity contribution is 5.87. The summed E-state index contributed by atoms with van der Waals surface area (Å²) in [4.78, 5) is 22.6. The van der Waals surface area contributed by atoms with Crippen LogP contribution in [0.25, 0.3) is 0 Å². The predicted octanol–water partition coefficient (Wildman–Crippen LogP) is 2.61. The average Bonchev–Trinajstić information content (AvgIpc) is 2.40. The Hall–Kier alpha value is -2.57. The van der Waals surface area contributed by atoms with Crippen LogP contribution in [-0.2, 0) is 12.7 Å². The molecule has 2 rings (SSSR count). The molecule has 7 heteroatoms. The quantitative estimate of drug-likeness (QED) is 0.947. The molecule has 1 heterocycles. The molecule has 0 saturated carbocycles. The number of carbonyl (C=O) groups is 1. The van der Waals surface area contributed by atoms with Crippen LogP contribution >= 0.6 is 0 Å². The van der Waals surface area contributed by atoms with E-state index in [0.717, 1.165) is 10.6 Å². The molecular formula is C14H10F3NO3. The molecule has 0 atom stereocenters. The van der Waals surface area contributed by atoms with Gasteiger partial charge in [0.15, 0.2) is 0 Å². The van der Waals surface area contributed by atoms with E-state index in [9.17, 15) is 22.8 Å². The number of nitrogens with zero attached hydrogens (tertiary/aromatic N) is 1. The van der Waals surface area contributed by atoms with Crippen LogP contribution in [0, 0.1) is 0 Å². The Bertz CT molecular complexity index is 735. The normalized spacial score (nSPS) is 11.4. The summed E-state index contributed by atoms with van der Waals surface area (Å²) in [6, 6.07) is 7.53. The zero-order valence-electron chi connectivity index (χ0n) is 10.6. The number of benzene rings is 1. The average molecular weight is 297 g/mol. The van der Waals surface area contributed by atoms with Crippen molar-refractivity contribution in [2.24, 2.45) is 0 Å². The van der Waals surface area contributed by atoms with Crippen molar-refractivity contribution in [2.45, 2.75) is 12.7 Å². The van der Waals surface area contributed by atoms with Crippen molar-refractivity contribution in [3.8, 4) is 0 Å². The van der Waals surface area contributed by atoms with E-state index < -0.39 is 23.3 Å². The Morgan fingerprint density at radius 1 is 1.19 bits per heavy atom. The molecule has 21 heavy (non-hydrogen) atoms. The van der Waals surface area contributed by atoms with E-state index in [1.165, 1.54) is 24.4 Å². The van der Waals surface area contributed by atoms with Crippen LogP contribution in [0.3, 0.4) is 0 Å². The van der Waals surface area contributed by atoms with Gasteiger partial charge in [-0.05, 0) is 29.8 Å².